The van der Waals surface area contributed by atoms with E-state index in [0.29, 0.717) is 6.61 Å². The maximum atomic E-state index is 11.9. The summed E-state index contributed by atoms with van der Waals surface area (Å²) >= 11 is 0. The zero-order chi connectivity index (χ0) is 14.4. The largest absolute Gasteiger partial charge is 0.481 e. The smallest absolute Gasteiger partial charge is 0.261 e. The Morgan fingerprint density at radius 3 is 2.32 bits per heavy atom. The fourth-order valence-electron chi connectivity index (χ4n) is 1.91. The summed E-state index contributed by atoms with van der Waals surface area (Å²) in [4.78, 5) is 11.9. The van der Waals surface area contributed by atoms with Crippen LogP contribution in [0.15, 0.2) is 18.2 Å². The molecule has 0 fully saturated rings. The molecule has 1 rings (SSSR count). The molecule has 0 aliphatic rings. The zero-order valence-electron chi connectivity index (χ0n) is 12.3. The molecular weight excluding hydrogens is 242 g/mol. The number of amides is 1. The van der Waals surface area contributed by atoms with Gasteiger partial charge in [-0.3, -0.25) is 4.79 Å². The molecule has 0 radical (unpaired) electrons. The van der Waals surface area contributed by atoms with Crippen molar-refractivity contribution in [2.75, 3.05) is 13.7 Å². The average Bonchev–Trinajstić information content (AvgIpc) is 2.27. The van der Waals surface area contributed by atoms with Crippen LogP contribution in [0.3, 0.4) is 0 Å². The fourth-order valence-corrected chi connectivity index (χ4v) is 1.91. The second-order valence-corrected chi connectivity index (χ2v) is 4.95. The third-order valence-corrected chi connectivity index (χ3v) is 2.68. The Labute approximate surface area is 115 Å². The standard InChI is InChI=1S/C15H23NO3/c1-10-6-11(2)8-14(7-10)19-13(4)15(17)16-12(3)9-18-5/h6-8,12-13H,9H2,1-5H3,(H,16,17)/t12-,13+/m0/s1. The van der Waals surface area contributed by atoms with Crippen LogP contribution >= 0.6 is 0 Å². The van der Waals surface area contributed by atoms with Gasteiger partial charge in [-0.15, -0.1) is 0 Å². The van der Waals surface area contributed by atoms with Gasteiger partial charge < -0.3 is 14.8 Å². The lowest BCUT2D eigenvalue weighted by Crippen LogP contribution is -2.43. The number of benzene rings is 1. The number of hydrogen-bond donors (Lipinski definition) is 1. The number of carbonyl (C=O) groups excluding carboxylic acids is 1. The maximum Gasteiger partial charge on any atom is 0.261 e. The lowest BCUT2D eigenvalue weighted by atomic mass is 10.1. The van der Waals surface area contributed by atoms with Crippen LogP contribution < -0.4 is 10.1 Å². The van der Waals surface area contributed by atoms with Crippen LogP contribution in [-0.2, 0) is 9.53 Å². The van der Waals surface area contributed by atoms with Gasteiger partial charge >= 0.3 is 0 Å². The molecule has 0 saturated carbocycles. The van der Waals surface area contributed by atoms with Crippen LogP contribution in [0.5, 0.6) is 5.75 Å². The molecule has 0 bridgehead atoms. The summed E-state index contributed by atoms with van der Waals surface area (Å²) < 4.78 is 10.6. The van der Waals surface area contributed by atoms with E-state index in [9.17, 15) is 4.79 Å². The molecule has 2 atom stereocenters. The highest BCUT2D eigenvalue weighted by atomic mass is 16.5. The number of carbonyl (C=O) groups is 1. The van der Waals surface area contributed by atoms with Gasteiger partial charge in [0.05, 0.1) is 6.61 Å². The Bertz CT molecular complexity index is 411. The van der Waals surface area contributed by atoms with Gasteiger partial charge in [0.1, 0.15) is 5.75 Å². The van der Waals surface area contributed by atoms with E-state index in [2.05, 4.69) is 11.4 Å². The summed E-state index contributed by atoms with van der Waals surface area (Å²) in [6, 6.07) is 5.89. The molecule has 1 amide bonds. The van der Waals surface area contributed by atoms with Crippen molar-refractivity contribution >= 4 is 5.91 Å². The van der Waals surface area contributed by atoms with Gasteiger partial charge in [0.15, 0.2) is 6.10 Å². The maximum absolute atomic E-state index is 11.9. The minimum Gasteiger partial charge on any atom is -0.481 e. The number of ether oxygens (including phenoxy) is 2. The molecule has 0 unspecified atom stereocenters. The Morgan fingerprint density at radius 2 is 1.79 bits per heavy atom. The van der Waals surface area contributed by atoms with Crippen LogP contribution in [0.4, 0.5) is 0 Å². The van der Waals surface area contributed by atoms with E-state index in [1.807, 2.05) is 32.9 Å². The molecule has 106 valence electrons. The number of hydrogen-bond acceptors (Lipinski definition) is 3. The number of aryl methyl sites for hydroxylation is 2. The molecule has 0 spiro atoms. The van der Waals surface area contributed by atoms with Gasteiger partial charge in [-0.1, -0.05) is 6.07 Å². The van der Waals surface area contributed by atoms with Gasteiger partial charge in [0, 0.05) is 13.2 Å². The highest BCUT2D eigenvalue weighted by molar-refractivity contribution is 5.81. The van der Waals surface area contributed by atoms with E-state index in [4.69, 9.17) is 9.47 Å². The molecule has 0 aliphatic heterocycles. The lowest BCUT2D eigenvalue weighted by Gasteiger charge is -2.18. The van der Waals surface area contributed by atoms with Crippen LogP contribution in [0.1, 0.15) is 25.0 Å². The van der Waals surface area contributed by atoms with Gasteiger partial charge in [-0.2, -0.15) is 0 Å². The minimum atomic E-state index is -0.527. The van der Waals surface area contributed by atoms with Crippen LogP contribution in [0.25, 0.3) is 0 Å². The van der Waals surface area contributed by atoms with Crippen molar-refractivity contribution < 1.29 is 14.3 Å². The van der Waals surface area contributed by atoms with Gasteiger partial charge in [-0.25, -0.2) is 0 Å². The molecule has 1 N–H and O–H groups in total. The van der Waals surface area contributed by atoms with E-state index in [1.165, 1.54) is 0 Å². The van der Waals surface area contributed by atoms with Crippen molar-refractivity contribution in [2.24, 2.45) is 0 Å². The first-order valence-electron chi connectivity index (χ1n) is 6.46. The van der Waals surface area contributed by atoms with Crippen molar-refractivity contribution in [3.8, 4) is 5.75 Å². The van der Waals surface area contributed by atoms with Crippen molar-refractivity contribution in [2.45, 2.75) is 39.8 Å². The lowest BCUT2D eigenvalue weighted by molar-refractivity contribution is -0.128. The molecule has 4 nitrogen and oxygen atoms in total. The first-order chi connectivity index (χ1) is 8.92. The Balaban J connectivity index is 2.58. The summed E-state index contributed by atoms with van der Waals surface area (Å²) in [5, 5.41) is 2.84. The van der Waals surface area contributed by atoms with Crippen molar-refractivity contribution in [3.05, 3.63) is 29.3 Å². The van der Waals surface area contributed by atoms with Crippen molar-refractivity contribution in [1.82, 2.24) is 5.32 Å². The van der Waals surface area contributed by atoms with E-state index in [-0.39, 0.29) is 11.9 Å². The minimum absolute atomic E-state index is 0.0252. The number of rotatable bonds is 6. The van der Waals surface area contributed by atoms with Crippen LogP contribution in [-0.4, -0.2) is 31.8 Å². The predicted octanol–water partition coefficient (Wildman–Crippen LogP) is 2.22. The summed E-state index contributed by atoms with van der Waals surface area (Å²) in [5.74, 6) is 0.586. The van der Waals surface area contributed by atoms with Crippen molar-refractivity contribution in [1.29, 1.82) is 0 Å². The molecule has 0 heterocycles. The average molecular weight is 265 g/mol. The molecule has 0 aromatic heterocycles. The molecule has 0 saturated heterocycles. The van der Waals surface area contributed by atoms with Crippen molar-refractivity contribution in [3.63, 3.8) is 0 Å². The normalized spacial score (nSPS) is 13.7. The van der Waals surface area contributed by atoms with E-state index in [0.717, 1.165) is 16.9 Å². The monoisotopic (exact) mass is 265 g/mol. The number of methoxy groups -OCH3 is 1. The fraction of sp³-hybridized carbons (Fsp3) is 0.533. The van der Waals surface area contributed by atoms with Crippen LogP contribution in [0, 0.1) is 13.8 Å². The summed E-state index contributed by atoms with van der Waals surface area (Å²) in [7, 11) is 1.61. The van der Waals surface area contributed by atoms with Crippen LogP contribution in [0.2, 0.25) is 0 Å². The van der Waals surface area contributed by atoms with E-state index in [1.54, 1.807) is 14.0 Å². The molecule has 1 aromatic carbocycles. The Kier molecular flexibility index (Phi) is 5.83. The Morgan fingerprint density at radius 1 is 1.21 bits per heavy atom. The van der Waals surface area contributed by atoms with Gasteiger partial charge in [0.2, 0.25) is 0 Å². The highest BCUT2D eigenvalue weighted by Gasteiger charge is 2.16. The summed E-state index contributed by atoms with van der Waals surface area (Å²) in [6.45, 7) is 8.13. The second-order valence-electron chi connectivity index (χ2n) is 4.95. The SMILES string of the molecule is COC[C@H](C)NC(=O)[C@@H](C)Oc1cc(C)cc(C)c1. The first-order valence-corrected chi connectivity index (χ1v) is 6.46. The molecule has 0 aliphatic carbocycles. The van der Waals surface area contributed by atoms with Gasteiger partial charge in [-0.05, 0) is 51.0 Å². The predicted molar refractivity (Wildman–Crippen MR) is 75.5 cm³/mol. The molecular formula is C15H23NO3. The number of nitrogens with one attached hydrogen (secondary N) is 1. The highest BCUT2D eigenvalue weighted by Crippen LogP contribution is 2.17. The Hall–Kier alpha value is -1.55. The summed E-state index contributed by atoms with van der Waals surface area (Å²) in [6.07, 6.45) is -0.527. The third-order valence-electron chi connectivity index (χ3n) is 2.68. The molecule has 19 heavy (non-hydrogen) atoms. The first kappa shape index (κ1) is 15.5. The van der Waals surface area contributed by atoms with Gasteiger partial charge in [0.25, 0.3) is 5.91 Å². The van der Waals surface area contributed by atoms with E-state index < -0.39 is 6.10 Å². The second kappa shape index (κ2) is 7.14. The zero-order valence-corrected chi connectivity index (χ0v) is 12.3. The van der Waals surface area contributed by atoms with E-state index >= 15 is 0 Å². The topological polar surface area (TPSA) is 47.6 Å². The summed E-state index contributed by atoms with van der Waals surface area (Å²) in [5.41, 5.74) is 2.24. The molecule has 1 aromatic rings. The quantitative estimate of drug-likeness (QED) is 0.858. The molecule has 4 heteroatoms. The third kappa shape index (κ3) is 5.30.